The fourth-order valence-corrected chi connectivity index (χ4v) is 2.81. The lowest BCUT2D eigenvalue weighted by Crippen LogP contribution is -2.38. The average molecular weight is 257 g/mol. The molecule has 0 aliphatic heterocycles. The van der Waals surface area contributed by atoms with Crippen molar-refractivity contribution in [2.24, 2.45) is 11.8 Å². The second kappa shape index (κ2) is 8.48. The van der Waals surface area contributed by atoms with Gasteiger partial charge in [0.1, 0.15) is 6.61 Å². The number of esters is 1. The third-order valence-electron chi connectivity index (χ3n) is 3.38. The zero-order valence-corrected chi connectivity index (χ0v) is 11.9. The average Bonchev–Trinajstić information content (AvgIpc) is 2.27. The maximum absolute atomic E-state index is 11.0. The second-order valence-corrected chi connectivity index (χ2v) is 5.43. The molecule has 0 aromatic heterocycles. The van der Waals surface area contributed by atoms with Crippen LogP contribution in [0.25, 0.3) is 0 Å². The van der Waals surface area contributed by atoms with Crippen LogP contribution in [0, 0.1) is 11.8 Å². The molecular formula is C14H27NO3. The number of nitrogens with one attached hydrogen (secondary N) is 1. The summed E-state index contributed by atoms with van der Waals surface area (Å²) in [4.78, 5) is 11.0. The molecule has 0 amide bonds. The van der Waals surface area contributed by atoms with Crippen molar-refractivity contribution < 1.29 is 14.3 Å². The van der Waals surface area contributed by atoms with E-state index in [1.807, 2.05) is 0 Å². The van der Waals surface area contributed by atoms with E-state index in [0.717, 1.165) is 18.4 Å². The van der Waals surface area contributed by atoms with Crippen molar-refractivity contribution in [2.75, 3.05) is 26.4 Å². The summed E-state index contributed by atoms with van der Waals surface area (Å²) in [6.07, 6.45) is 3.85. The van der Waals surface area contributed by atoms with Crippen LogP contribution in [0.15, 0.2) is 0 Å². The van der Waals surface area contributed by atoms with Crippen molar-refractivity contribution in [2.45, 2.75) is 46.1 Å². The van der Waals surface area contributed by atoms with Crippen LogP contribution in [0.1, 0.15) is 40.0 Å². The summed E-state index contributed by atoms with van der Waals surface area (Å²) < 4.78 is 10.0. The van der Waals surface area contributed by atoms with Gasteiger partial charge in [-0.25, -0.2) is 4.79 Å². The van der Waals surface area contributed by atoms with Gasteiger partial charge >= 0.3 is 5.97 Å². The Morgan fingerprint density at radius 3 is 2.50 bits per heavy atom. The van der Waals surface area contributed by atoms with Crippen LogP contribution in [0.2, 0.25) is 0 Å². The number of rotatable bonds is 7. The molecule has 0 radical (unpaired) electrons. The van der Waals surface area contributed by atoms with E-state index in [9.17, 15) is 4.79 Å². The molecule has 1 fully saturated rings. The SMILES string of the molecule is CCOC(=O)COCCNC1CC(C)CC(C)C1. The van der Waals surface area contributed by atoms with Crippen LogP contribution in [0.5, 0.6) is 0 Å². The Hall–Kier alpha value is -0.610. The highest BCUT2D eigenvalue weighted by molar-refractivity contribution is 5.70. The predicted molar refractivity (Wildman–Crippen MR) is 71.4 cm³/mol. The van der Waals surface area contributed by atoms with Crippen LogP contribution >= 0.6 is 0 Å². The van der Waals surface area contributed by atoms with Gasteiger partial charge in [-0.15, -0.1) is 0 Å². The van der Waals surface area contributed by atoms with Crippen LogP contribution in [0.3, 0.4) is 0 Å². The lowest BCUT2D eigenvalue weighted by molar-refractivity contribution is -0.148. The second-order valence-electron chi connectivity index (χ2n) is 5.43. The minimum atomic E-state index is -0.280. The van der Waals surface area contributed by atoms with Gasteiger partial charge in [-0.3, -0.25) is 0 Å². The lowest BCUT2D eigenvalue weighted by atomic mass is 9.80. The molecule has 4 heteroatoms. The van der Waals surface area contributed by atoms with E-state index in [1.165, 1.54) is 19.3 Å². The molecule has 106 valence electrons. The molecule has 0 saturated heterocycles. The fraction of sp³-hybridized carbons (Fsp3) is 0.929. The van der Waals surface area contributed by atoms with E-state index >= 15 is 0 Å². The van der Waals surface area contributed by atoms with Crippen molar-refractivity contribution in [1.29, 1.82) is 0 Å². The zero-order valence-electron chi connectivity index (χ0n) is 11.9. The maximum Gasteiger partial charge on any atom is 0.332 e. The number of ether oxygens (including phenoxy) is 2. The van der Waals surface area contributed by atoms with Gasteiger partial charge in [0.05, 0.1) is 13.2 Å². The van der Waals surface area contributed by atoms with Gasteiger partial charge in [0.2, 0.25) is 0 Å². The van der Waals surface area contributed by atoms with E-state index in [2.05, 4.69) is 19.2 Å². The number of carbonyl (C=O) groups is 1. The predicted octanol–water partition coefficient (Wildman–Crippen LogP) is 1.98. The highest BCUT2D eigenvalue weighted by Gasteiger charge is 2.23. The molecule has 18 heavy (non-hydrogen) atoms. The minimum absolute atomic E-state index is 0.0625. The molecule has 0 aromatic carbocycles. The first kappa shape index (κ1) is 15.4. The summed E-state index contributed by atoms with van der Waals surface area (Å²) >= 11 is 0. The van der Waals surface area contributed by atoms with Crippen LogP contribution in [-0.2, 0) is 14.3 Å². The molecule has 0 bridgehead atoms. The molecule has 2 unspecified atom stereocenters. The van der Waals surface area contributed by atoms with E-state index in [4.69, 9.17) is 9.47 Å². The zero-order chi connectivity index (χ0) is 13.4. The summed E-state index contributed by atoms with van der Waals surface area (Å²) in [5.74, 6) is 1.34. The summed E-state index contributed by atoms with van der Waals surface area (Å²) in [6.45, 7) is 8.29. The fourth-order valence-electron chi connectivity index (χ4n) is 2.81. The Morgan fingerprint density at radius 2 is 1.89 bits per heavy atom. The van der Waals surface area contributed by atoms with Crippen LogP contribution < -0.4 is 5.32 Å². The third-order valence-corrected chi connectivity index (χ3v) is 3.38. The smallest absolute Gasteiger partial charge is 0.332 e. The van der Waals surface area contributed by atoms with Gasteiger partial charge < -0.3 is 14.8 Å². The van der Waals surface area contributed by atoms with E-state index in [0.29, 0.717) is 19.3 Å². The molecule has 0 spiro atoms. The lowest BCUT2D eigenvalue weighted by Gasteiger charge is -2.32. The Morgan fingerprint density at radius 1 is 1.22 bits per heavy atom. The molecule has 1 saturated carbocycles. The summed E-state index contributed by atoms with van der Waals surface area (Å²) in [5, 5.41) is 3.51. The van der Waals surface area contributed by atoms with Gasteiger partial charge in [-0.2, -0.15) is 0 Å². The van der Waals surface area contributed by atoms with Crippen LogP contribution in [0.4, 0.5) is 0 Å². The summed E-state index contributed by atoms with van der Waals surface area (Å²) in [7, 11) is 0. The molecule has 4 nitrogen and oxygen atoms in total. The molecule has 0 aromatic rings. The van der Waals surface area contributed by atoms with Gasteiger partial charge in [-0.1, -0.05) is 13.8 Å². The van der Waals surface area contributed by atoms with Gasteiger partial charge in [0.25, 0.3) is 0 Å². The molecule has 1 aliphatic rings. The largest absolute Gasteiger partial charge is 0.464 e. The van der Waals surface area contributed by atoms with E-state index in [-0.39, 0.29) is 12.6 Å². The Bertz CT molecular complexity index is 235. The first-order valence-corrected chi connectivity index (χ1v) is 7.08. The van der Waals surface area contributed by atoms with Crippen molar-refractivity contribution >= 4 is 5.97 Å². The van der Waals surface area contributed by atoms with Crippen molar-refractivity contribution in [3.8, 4) is 0 Å². The number of carbonyl (C=O) groups excluding carboxylic acids is 1. The molecule has 1 rings (SSSR count). The third kappa shape index (κ3) is 6.36. The number of hydrogen-bond donors (Lipinski definition) is 1. The Labute approximate surface area is 110 Å². The molecule has 1 N–H and O–H groups in total. The topological polar surface area (TPSA) is 47.6 Å². The maximum atomic E-state index is 11.0. The monoisotopic (exact) mass is 257 g/mol. The van der Waals surface area contributed by atoms with Crippen molar-refractivity contribution in [3.05, 3.63) is 0 Å². The first-order chi connectivity index (χ1) is 8.61. The molecular weight excluding hydrogens is 230 g/mol. The Balaban J connectivity index is 2.02. The standard InChI is InChI=1S/C14H27NO3/c1-4-18-14(16)10-17-6-5-15-13-8-11(2)7-12(3)9-13/h11-13,15H,4-10H2,1-3H3. The first-order valence-electron chi connectivity index (χ1n) is 7.08. The summed E-state index contributed by atoms with van der Waals surface area (Å²) in [5.41, 5.74) is 0. The highest BCUT2D eigenvalue weighted by Crippen LogP contribution is 2.28. The van der Waals surface area contributed by atoms with Gasteiger partial charge in [-0.05, 0) is 38.0 Å². The van der Waals surface area contributed by atoms with Gasteiger partial charge in [0, 0.05) is 12.6 Å². The summed E-state index contributed by atoms with van der Waals surface area (Å²) in [6, 6.07) is 0.606. The van der Waals surface area contributed by atoms with Crippen molar-refractivity contribution in [1.82, 2.24) is 5.32 Å². The molecule has 2 atom stereocenters. The quantitative estimate of drug-likeness (QED) is 0.559. The molecule has 0 heterocycles. The highest BCUT2D eigenvalue weighted by atomic mass is 16.6. The van der Waals surface area contributed by atoms with Crippen LogP contribution in [-0.4, -0.2) is 38.4 Å². The Kier molecular flexibility index (Phi) is 7.28. The van der Waals surface area contributed by atoms with E-state index < -0.39 is 0 Å². The van der Waals surface area contributed by atoms with Crippen molar-refractivity contribution in [3.63, 3.8) is 0 Å². The van der Waals surface area contributed by atoms with E-state index in [1.54, 1.807) is 6.92 Å². The number of hydrogen-bond acceptors (Lipinski definition) is 4. The normalized spacial score (nSPS) is 28.1. The minimum Gasteiger partial charge on any atom is -0.464 e. The molecule has 1 aliphatic carbocycles. The van der Waals surface area contributed by atoms with Gasteiger partial charge in [0.15, 0.2) is 0 Å².